The van der Waals surface area contributed by atoms with Crippen molar-refractivity contribution in [1.82, 2.24) is 9.55 Å². The molecule has 1 saturated carbocycles. The van der Waals surface area contributed by atoms with Crippen molar-refractivity contribution in [3.63, 3.8) is 0 Å². The Kier molecular flexibility index (Phi) is 4.48. The van der Waals surface area contributed by atoms with E-state index in [9.17, 15) is 4.79 Å². The molecule has 5 rings (SSSR count). The van der Waals surface area contributed by atoms with Gasteiger partial charge >= 0.3 is 0 Å². The molecule has 2 unspecified atom stereocenters. The number of fused-ring (bicyclic) bond motifs is 1. The highest BCUT2D eigenvalue weighted by Gasteiger charge is 2.40. The van der Waals surface area contributed by atoms with Crippen molar-refractivity contribution < 1.29 is 5.11 Å². The number of hydrogen-bond donors (Lipinski definition) is 1. The first-order valence-corrected chi connectivity index (χ1v) is 10.6. The molecule has 1 aliphatic heterocycles. The maximum atomic E-state index is 12.8. The van der Waals surface area contributed by atoms with E-state index in [1.54, 1.807) is 17.8 Å². The molecule has 0 bridgehead atoms. The molecule has 2 aliphatic carbocycles. The lowest BCUT2D eigenvalue weighted by molar-refractivity contribution is 0.231. The molecule has 29 heavy (non-hydrogen) atoms. The Morgan fingerprint density at radius 1 is 1.21 bits per heavy atom. The molecule has 2 heterocycles. The van der Waals surface area contributed by atoms with Crippen molar-refractivity contribution in [1.29, 1.82) is 0 Å². The van der Waals surface area contributed by atoms with Crippen LogP contribution in [-0.4, -0.2) is 34.4 Å². The Morgan fingerprint density at radius 3 is 2.52 bits per heavy atom. The van der Waals surface area contributed by atoms with Crippen LogP contribution in [-0.2, 0) is 19.9 Å². The van der Waals surface area contributed by atoms with Crippen molar-refractivity contribution in [2.45, 2.75) is 32.1 Å². The van der Waals surface area contributed by atoms with Gasteiger partial charge in [0.1, 0.15) is 5.56 Å². The van der Waals surface area contributed by atoms with Crippen molar-refractivity contribution in [2.24, 2.45) is 24.3 Å². The summed E-state index contributed by atoms with van der Waals surface area (Å²) >= 11 is 0. The molecule has 2 atom stereocenters. The normalized spacial score (nSPS) is 24.1. The van der Waals surface area contributed by atoms with Gasteiger partial charge in [-0.2, -0.15) is 0 Å². The van der Waals surface area contributed by atoms with E-state index in [0.717, 1.165) is 38.3 Å². The largest absolute Gasteiger partial charge is 0.396 e. The summed E-state index contributed by atoms with van der Waals surface area (Å²) in [7, 11) is 1.79. The van der Waals surface area contributed by atoms with Crippen LogP contribution in [0, 0.1) is 29.1 Å². The van der Waals surface area contributed by atoms with Gasteiger partial charge in [0.15, 0.2) is 0 Å². The maximum absolute atomic E-state index is 12.8. The quantitative estimate of drug-likeness (QED) is 0.800. The fraction of sp³-hybridized carbons (Fsp3) is 0.500. The highest BCUT2D eigenvalue weighted by Crippen LogP contribution is 2.44. The van der Waals surface area contributed by atoms with E-state index in [0.29, 0.717) is 11.0 Å². The lowest BCUT2D eigenvalue weighted by Crippen LogP contribution is -2.43. The number of piperidine rings is 1. The predicted molar refractivity (Wildman–Crippen MR) is 113 cm³/mol. The summed E-state index contributed by atoms with van der Waals surface area (Å²) in [5.41, 5.74) is 3.75. The van der Waals surface area contributed by atoms with Crippen LogP contribution in [0.5, 0.6) is 0 Å². The highest BCUT2D eigenvalue weighted by atomic mass is 16.3. The van der Waals surface area contributed by atoms with E-state index in [1.165, 1.54) is 24.0 Å². The smallest absolute Gasteiger partial charge is 0.270 e. The van der Waals surface area contributed by atoms with Crippen molar-refractivity contribution in [3.8, 4) is 11.8 Å². The lowest BCUT2D eigenvalue weighted by Gasteiger charge is -2.40. The van der Waals surface area contributed by atoms with Gasteiger partial charge < -0.3 is 10.0 Å². The monoisotopic (exact) mass is 389 g/mol. The second kappa shape index (κ2) is 7.03. The van der Waals surface area contributed by atoms with E-state index in [4.69, 9.17) is 5.11 Å². The standard InChI is InChI=1S/C24H27N3O2/c1-26-22(29)20(7-6-17-12-21(17)16-28)15-25-23(26)27-10-8-24(9-11-27)13-18-4-2-3-5-19(18)14-24/h2-5,15,17,21,28H,8-14,16H2,1H3. The molecule has 2 fully saturated rings. The number of nitrogens with zero attached hydrogens (tertiary/aromatic N) is 3. The fourth-order valence-electron chi connectivity index (χ4n) is 5.02. The average Bonchev–Trinajstić information content (AvgIpc) is 3.41. The SMILES string of the molecule is Cn1c(N2CCC3(CC2)Cc2ccccc2C3)ncc(C#CC2CC2CO)c1=O. The third-order valence-corrected chi connectivity index (χ3v) is 7.05. The van der Waals surface area contributed by atoms with E-state index < -0.39 is 0 Å². The van der Waals surface area contributed by atoms with Crippen LogP contribution in [0.1, 0.15) is 36.0 Å². The minimum atomic E-state index is -0.0859. The molecule has 0 amide bonds. The van der Waals surface area contributed by atoms with Crippen LogP contribution in [0.15, 0.2) is 35.3 Å². The summed E-state index contributed by atoms with van der Waals surface area (Å²) in [6.07, 6.45) is 7.15. The van der Waals surface area contributed by atoms with Crippen LogP contribution in [0.4, 0.5) is 5.95 Å². The number of aliphatic hydroxyl groups is 1. The number of aromatic nitrogens is 2. The minimum Gasteiger partial charge on any atom is -0.396 e. The second-order valence-electron chi connectivity index (χ2n) is 9.00. The number of anilines is 1. The van der Waals surface area contributed by atoms with Crippen molar-refractivity contribution in [2.75, 3.05) is 24.6 Å². The first-order valence-electron chi connectivity index (χ1n) is 10.6. The Morgan fingerprint density at radius 2 is 1.90 bits per heavy atom. The van der Waals surface area contributed by atoms with Gasteiger partial charge in [-0.05, 0) is 54.6 Å². The van der Waals surface area contributed by atoms with E-state index in [1.807, 2.05) is 0 Å². The summed E-state index contributed by atoms with van der Waals surface area (Å²) in [6, 6.07) is 8.83. The van der Waals surface area contributed by atoms with Gasteiger partial charge in [0.25, 0.3) is 5.56 Å². The predicted octanol–water partition coefficient (Wildman–Crippen LogP) is 2.15. The zero-order valence-corrected chi connectivity index (χ0v) is 16.9. The van der Waals surface area contributed by atoms with Gasteiger partial charge in [0.05, 0.1) is 6.20 Å². The van der Waals surface area contributed by atoms with E-state index >= 15 is 0 Å². The molecule has 1 saturated heterocycles. The number of hydrogen-bond acceptors (Lipinski definition) is 4. The molecule has 1 aromatic heterocycles. The molecule has 1 aromatic carbocycles. The zero-order valence-electron chi connectivity index (χ0n) is 16.9. The van der Waals surface area contributed by atoms with E-state index in [2.05, 4.69) is 46.0 Å². The Labute approximate surface area is 171 Å². The van der Waals surface area contributed by atoms with Gasteiger partial charge in [-0.3, -0.25) is 9.36 Å². The molecule has 2 aromatic rings. The second-order valence-corrected chi connectivity index (χ2v) is 9.00. The van der Waals surface area contributed by atoms with Gasteiger partial charge in [0, 0.05) is 32.7 Å². The number of rotatable bonds is 2. The molecule has 1 N–H and O–H groups in total. The van der Waals surface area contributed by atoms with Crippen LogP contribution in [0.2, 0.25) is 0 Å². The fourth-order valence-corrected chi connectivity index (χ4v) is 5.02. The third-order valence-electron chi connectivity index (χ3n) is 7.05. The lowest BCUT2D eigenvalue weighted by atomic mass is 9.76. The van der Waals surface area contributed by atoms with Crippen LogP contribution in [0.3, 0.4) is 0 Å². The summed E-state index contributed by atoms with van der Waals surface area (Å²) in [6.45, 7) is 2.04. The molecule has 5 heteroatoms. The first kappa shape index (κ1) is 18.4. The van der Waals surface area contributed by atoms with Crippen LogP contribution in [0.25, 0.3) is 0 Å². The van der Waals surface area contributed by atoms with Gasteiger partial charge in [-0.25, -0.2) is 4.98 Å². The number of aliphatic hydroxyl groups excluding tert-OH is 1. The zero-order chi connectivity index (χ0) is 20.0. The van der Waals surface area contributed by atoms with Crippen LogP contribution < -0.4 is 10.5 Å². The minimum absolute atomic E-state index is 0.0859. The molecule has 3 aliphatic rings. The molecule has 5 nitrogen and oxygen atoms in total. The van der Waals surface area contributed by atoms with Crippen LogP contribution >= 0.6 is 0 Å². The summed E-state index contributed by atoms with van der Waals surface area (Å²) in [4.78, 5) is 19.6. The molecular formula is C24H27N3O2. The molecular weight excluding hydrogens is 362 g/mol. The summed E-state index contributed by atoms with van der Waals surface area (Å²) in [5.74, 6) is 7.33. The van der Waals surface area contributed by atoms with E-state index in [-0.39, 0.29) is 24.0 Å². The topological polar surface area (TPSA) is 58.4 Å². The Balaban J connectivity index is 1.29. The van der Waals surface area contributed by atoms with Gasteiger partial charge in [-0.15, -0.1) is 0 Å². The maximum Gasteiger partial charge on any atom is 0.270 e. The summed E-state index contributed by atoms with van der Waals surface area (Å²) in [5, 5.41) is 9.13. The molecule has 150 valence electrons. The third kappa shape index (κ3) is 3.36. The average molecular weight is 389 g/mol. The molecule has 1 spiro atoms. The molecule has 0 radical (unpaired) electrons. The van der Waals surface area contributed by atoms with Crippen molar-refractivity contribution in [3.05, 3.63) is 57.5 Å². The Hall–Kier alpha value is -2.58. The van der Waals surface area contributed by atoms with Crippen molar-refractivity contribution >= 4 is 5.95 Å². The highest BCUT2D eigenvalue weighted by molar-refractivity contribution is 5.40. The van der Waals surface area contributed by atoms with Gasteiger partial charge in [-0.1, -0.05) is 36.1 Å². The number of benzene rings is 1. The Bertz CT molecular complexity index is 1030. The summed E-state index contributed by atoms with van der Waals surface area (Å²) < 4.78 is 1.64. The first-order chi connectivity index (χ1) is 14.1. The van der Waals surface area contributed by atoms with Gasteiger partial charge in [0.2, 0.25) is 5.95 Å².